The number of aromatic nitrogens is 1. The lowest BCUT2D eigenvalue weighted by Gasteiger charge is -2.17. The van der Waals surface area contributed by atoms with Gasteiger partial charge in [0.2, 0.25) is 0 Å². The monoisotopic (exact) mass is 276 g/mol. The van der Waals surface area contributed by atoms with Crippen LogP contribution in [0.1, 0.15) is 11.3 Å². The van der Waals surface area contributed by atoms with Gasteiger partial charge < -0.3 is 14.4 Å². The van der Waals surface area contributed by atoms with E-state index in [0.717, 1.165) is 11.3 Å². The maximum absolute atomic E-state index is 10.6. The average Bonchev–Trinajstić information content (AvgIpc) is 2.90. The molecule has 1 aromatic heterocycles. The van der Waals surface area contributed by atoms with Crippen LogP contribution >= 0.6 is 0 Å². The number of aliphatic carboxylic acids is 1. The van der Waals surface area contributed by atoms with Crippen LogP contribution in [0.15, 0.2) is 41.1 Å². The van der Waals surface area contributed by atoms with E-state index in [9.17, 15) is 4.79 Å². The number of carboxylic acid groups (broad SMARTS) is 1. The molecule has 2 aromatic rings. The van der Waals surface area contributed by atoms with Gasteiger partial charge in [-0.25, -0.2) is 4.79 Å². The standard InChI is InChI=1S/C14H16N2O4/c1-16(9-12-6-7-20-15-12)8-11-4-2-3-5-13(11)19-10-14(17)18/h2-7H,8-10H2,1H3,(H,17,18). The number of hydrogen-bond acceptors (Lipinski definition) is 5. The minimum Gasteiger partial charge on any atom is -0.482 e. The predicted octanol–water partition coefficient (Wildman–Crippen LogP) is 1.77. The van der Waals surface area contributed by atoms with Gasteiger partial charge >= 0.3 is 5.97 Å². The number of nitrogens with zero attached hydrogens (tertiary/aromatic N) is 2. The summed E-state index contributed by atoms with van der Waals surface area (Å²) < 4.78 is 10.1. The van der Waals surface area contributed by atoms with Gasteiger partial charge in [0.1, 0.15) is 12.0 Å². The molecule has 106 valence electrons. The van der Waals surface area contributed by atoms with E-state index in [1.54, 1.807) is 6.07 Å². The summed E-state index contributed by atoms with van der Waals surface area (Å²) in [7, 11) is 1.95. The quantitative estimate of drug-likeness (QED) is 0.830. The van der Waals surface area contributed by atoms with Gasteiger partial charge in [0.05, 0.1) is 5.69 Å². The van der Waals surface area contributed by atoms with Crippen LogP contribution in [0.25, 0.3) is 0 Å². The van der Waals surface area contributed by atoms with Crippen LogP contribution in [0, 0.1) is 0 Å². The maximum atomic E-state index is 10.6. The molecule has 0 atom stereocenters. The largest absolute Gasteiger partial charge is 0.482 e. The van der Waals surface area contributed by atoms with Crippen molar-refractivity contribution in [2.24, 2.45) is 0 Å². The first-order chi connectivity index (χ1) is 9.65. The molecule has 0 aliphatic heterocycles. The fraction of sp³-hybridized carbons (Fsp3) is 0.286. The molecule has 0 amide bonds. The van der Waals surface area contributed by atoms with Gasteiger partial charge in [-0.1, -0.05) is 23.4 Å². The minimum atomic E-state index is -0.990. The van der Waals surface area contributed by atoms with E-state index in [2.05, 4.69) is 5.16 Å². The zero-order chi connectivity index (χ0) is 14.4. The third kappa shape index (κ3) is 4.10. The number of rotatable bonds is 7. The van der Waals surface area contributed by atoms with E-state index >= 15 is 0 Å². The van der Waals surface area contributed by atoms with Crippen molar-refractivity contribution in [3.8, 4) is 5.75 Å². The number of carbonyl (C=O) groups is 1. The van der Waals surface area contributed by atoms with E-state index in [-0.39, 0.29) is 6.61 Å². The molecule has 0 aliphatic carbocycles. The Bertz CT molecular complexity index is 554. The van der Waals surface area contributed by atoms with Gasteiger partial charge in [0.15, 0.2) is 6.61 Å². The molecular weight excluding hydrogens is 260 g/mol. The molecule has 0 radical (unpaired) electrons. The van der Waals surface area contributed by atoms with Crippen molar-refractivity contribution in [2.45, 2.75) is 13.1 Å². The van der Waals surface area contributed by atoms with Gasteiger partial charge in [-0.15, -0.1) is 0 Å². The molecule has 2 rings (SSSR count). The molecule has 1 aromatic carbocycles. The lowest BCUT2D eigenvalue weighted by Crippen LogP contribution is -2.18. The first-order valence-corrected chi connectivity index (χ1v) is 6.15. The molecule has 1 N–H and O–H groups in total. The number of hydrogen-bond donors (Lipinski definition) is 1. The van der Waals surface area contributed by atoms with Crippen molar-refractivity contribution in [3.63, 3.8) is 0 Å². The zero-order valence-electron chi connectivity index (χ0n) is 11.2. The molecule has 6 nitrogen and oxygen atoms in total. The van der Waals surface area contributed by atoms with E-state index in [1.165, 1.54) is 6.26 Å². The summed E-state index contributed by atoms with van der Waals surface area (Å²) in [5.41, 5.74) is 1.77. The van der Waals surface area contributed by atoms with E-state index in [4.69, 9.17) is 14.4 Å². The normalized spacial score (nSPS) is 10.7. The summed E-state index contributed by atoms with van der Waals surface area (Å²) in [4.78, 5) is 12.6. The van der Waals surface area contributed by atoms with E-state index in [1.807, 2.05) is 36.2 Å². The molecular formula is C14H16N2O4. The topological polar surface area (TPSA) is 75.8 Å². The molecule has 1 heterocycles. The molecule has 0 aliphatic rings. The Balaban J connectivity index is 1.99. The van der Waals surface area contributed by atoms with Crippen LogP contribution in [-0.2, 0) is 17.9 Å². The summed E-state index contributed by atoms with van der Waals surface area (Å²) >= 11 is 0. The number of benzene rings is 1. The van der Waals surface area contributed by atoms with Crippen LogP contribution in [0.4, 0.5) is 0 Å². The SMILES string of the molecule is CN(Cc1ccon1)Cc1ccccc1OCC(=O)O. The van der Waals surface area contributed by atoms with Gasteiger partial charge in [-0.2, -0.15) is 0 Å². The first-order valence-electron chi connectivity index (χ1n) is 6.15. The molecule has 20 heavy (non-hydrogen) atoms. The second-order valence-corrected chi connectivity index (χ2v) is 4.45. The second kappa shape index (κ2) is 6.72. The molecule has 0 bridgehead atoms. The van der Waals surface area contributed by atoms with Crippen molar-refractivity contribution in [1.29, 1.82) is 0 Å². The second-order valence-electron chi connectivity index (χ2n) is 4.45. The zero-order valence-corrected chi connectivity index (χ0v) is 11.2. The molecule has 0 unspecified atom stereocenters. The van der Waals surface area contributed by atoms with Crippen molar-refractivity contribution < 1.29 is 19.2 Å². The number of carboxylic acids is 1. The van der Waals surface area contributed by atoms with Gasteiger partial charge in [0, 0.05) is 24.7 Å². The van der Waals surface area contributed by atoms with Crippen LogP contribution in [0.5, 0.6) is 5.75 Å². The molecule has 6 heteroatoms. The number of para-hydroxylation sites is 1. The van der Waals surface area contributed by atoms with E-state index < -0.39 is 5.97 Å². The highest BCUT2D eigenvalue weighted by Crippen LogP contribution is 2.20. The predicted molar refractivity (Wildman–Crippen MR) is 71.2 cm³/mol. The Morgan fingerprint density at radius 3 is 2.85 bits per heavy atom. The third-order valence-electron chi connectivity index (χ3n) is 2.69. The highest BCUT2D eigenvalue weighted by atomic mass is 16.5. The Morgan fingerprint density at radius 2 is 2.15 bits per heavy atom. The maximum Gasteiger partial charge on any atom is 0.341 e. The Morgan fingerprint density at radius 1 is 1.35 bits per heavy atom. The Kier molecular flexibility index (Phi) is 4.73. The lowest BCUT2D eigenvalue weighted by molar-refractivity contribution is -0.139. The molecule has 0 fully saturated rings. The van der Waals surface area contributed by atoms with Crippen molar-refractivity contribution in [3.05, 3.63) is 47.9 Å². The molecule has 0 saturated carbocycles. The Hall–Kier alpha value is -2.34. The van der Waals surface area contributed by atoms with Crippen LogP contribution < -0.4 is 4.74 Å². The molecule has 0 saturated heterocycles. The number of ether oxygens (including phenoxy) is 1. The van der Waals surface area contributed by atoms with Crippen molar-refractivity contribution in [1.82, 2.24) is 10.1 Å². The summed E-state index contributed by atoms with van der Waals surface area (Å²) in [5, 5.41) is 12.5. The Labute approximate surface area is 116 Å². The van der Waals surface area contributed by atoms with Gasteiger partial charge in [0.25, 0.3) is 0 Å². The van der Waals surface area contributed by atoms with Crippen LogP contribution in [-0.4, -0.2) is 34.8 Å². The van der Waals surface area contributed by atoms with Gasteiger partial charge in [-0.3, -0.25) is 4.90 Å². The lowest BCUT2D eigenvalue weighted by atomic mass is 10.2. The summed E-state index contributed by atoms with van der Waals surface area (Å²) in [5.74, 6) is -0.405. The van der Waals surface area contributed by atoms with E-state index in [0.29, 0.717) is 18.8 Å². The van der Waals surface area contributed by atoms with Gasteiger partial charge in [-0.05, 0) is 13.1 Å². The smallest absolute Gasteiger partial charge is 0.341 e. The highest BCUT2D eigenvalue weighted by Gasteiger charge is 2.09. The fourth-order valence-corrected chi connectivity index (χ4v) is 1.86. The van der Waals surface area contributed by atoms with Crippen LogP contribution in [0.3, 0.4) is 0 Å². The third-order valence-corrected chi connectivity index (χ3v) is 2.69. The average molecular weight is 276 g/mol. The molecule has 0 spiro atoms. The fourth-order valence-electron chi connectivity index (χ4n) is 1.86. The van der Waals surface area contributed by atoms with Crippen LogP contribution in [0.2, 0.25) is 0 Å². The first kappa shape index (κ1) is 14.1. The summed E-state index contributed by atoms with van der Waals surface area (Å²) in [6, 6.07) is 9.20. The van der Waals surface area contributed by atoms with Crippen molar-refractivity contribution in [2.75, 3.05) is 13.7 Å². The summed E-state index contributed by atoms with van der Waals surface area (Å²) in [6.07, 6.45) is 1.53. The minimum absolute atomic E-state index is 0.343. The van der Waals surface area contributed by atoms with Crippen molar-refractivity contribution >= 4 is 5.97 Å². The highest BCUT2D eigenvalue weighted by molar-refractivity contribution is 5.68. The summed E-state index contributed by atoms with van der Waals surface area (Å²) in [6.45, 7) is 0.927.